The molecule has 1 aromatic heterocycles. The molecular formula is C22H22N2O2S. The van der Waals surface area contributed by atoms with E-state index in [4.69, 9.17) is 4.74 Å². The number of carbonyl (C=O) groups excluding carboxylic acids is 1. The fourth-order valence-corrected chi connectivity index (χ4v) is 3.28. The van der Waals surface area contributed by atoms with E-state index in [-0.39, 0.29) is 5.78 Å². The summed E-state index contributed by atoms with van der Waals surface area (Å²) in [6, 6.07) is 17.4. The molecule has 5 heteroatoms. The van der Waals surface area contributed by atoms with Crippen LogP contribution in [0.3, 0.4) is 0 Å². The van der Waals surface area contributed by atoms with Gasteiger partial charge in [0.1, 0.15) is 5.75 Å². The summed E-state index contributed by atoms with van der Waals surface area (Å²) >= 11 is 1.59. The van der Waals surface area contributed by atoms with Crippen molar-refractivity contribution in [3.63, 3.8) is 0 Å². The molecule has 0 bridgehead atoms. The van der Waals surface area contributed by atoms with Crippen molar-refractivity contribution >= 4 is 17.5 Å². The minimum absolute atomic E-state index is 0.0339. The Balaban J connectivity index is 1.74. The molecule has 2 aromatic carbocycles. The van der Waals surface area contributed by atoms with Crippen LogP contribution in [0.25, 0.3) is 0 Å². The Labute approximate surface area is 164 Å². The summed E-state index contributed by atoms with van der Waals surface area (Å²) in [4.78, 5) is 20.5. The van der Waals surface area contributed by atoms with Gasteiger partial charge in [-0.3, -0.25) is 4.79 Å². The SMILES string of the molecule is CCc1cc(Oc2ccc(C(C)=O)cc2)nc(SCc2ccc(C)cc2)n1. The molecule has 0 unspecified atom stereocenters. The van der Waals surface area contributed by atoms with Crippen LogP contribution in [-0.2, 0) is 12.2 Å². The molecule has 4 nitrogen and oxygen atoms in total. The van der Waals surface area contributed by atoms with Crippen molar-refractivity contribution in [2.45, 2.75) is 38.1 Å². The zero-order valence-corrected chi connectivity index (χ0v) is 16.5. The first-order valence-electron chi connectivity index (χ1n) is 8.88. The van der Waals surface area contributed by atoms with Crippen molar-refractivity contribution in [3.05, 3.63) is 77.0 Å². The van der Waals surface area contributed by atoms with Crippen molar-refractivity contribution in [1.82, 2.24) is 9.97 Å². The molecule has 0 atom stereocenters. The van der Waals surface area contributed by atoms with Gasteiger partial charge in [0.15, 0.2) is 10.9 Å². The third-order valence-corrected chi connectivity index (χ3v) is 4.99. The van der Waals surface area contributed by atoms with Crippen LogP contribution < -0.4 is 4.74 Å². The third-order valence-electron chi connectivity index (χ3n) is 4.07. The van der Waals surface area contributed by atoms with E-state index in [0.29, 0.717) is 22.3 Å². The molecule has 0 N–H and O–H groups in total. The molecule has 3 aromatic rings. The highest BCUT2D eigenvalue weighted by Gasteiger charge is 2.08. The second-order valence-electron chi connectivity index (χ2n) is 6.29. The summed E-state index contributed by atoms with van der Waals surface area (Å²) in [6.07, 6.45) is 0.806. The zero-order valence-electron chi connectivity index (χ0n) is 15.7. The molecular weight excluding hydrogens is 356 g/mol. The average molecular weight is 378 g/mol. The molecule has 0 aliphatic rings. The van der Waals surface area contributed by atoms with Crippen LogP contribution in [0.2, 0.25) is 0 Å². The Kier molecular flexibility index (Phi) is 6.24. The number of thioether (sulfide) groups is 1. The van der Waals surface area contributed by atoms with E-state index in [9.17, 15) is 4.79 Å². The van der Waals surface area contributed by atoms with E-state index in [2.05, 4.69) is 48.1 Å². The summed E-state index contributed by atoms with van der Waals surface area (Å²) in [5.74, 6) is 2.01. The smallest absolute Gasteiger partial charge is 0.223 e. The fourth-order valence-electron chi connectivity index (χ4n) is 2.46. The predicted octanol–water partition coefficient (Wildman–Crippen LogP) is 5.63. The van der Waals surface area contributed by atoms with Crippen LogP contribution in [0.5, 0.6) is 11.6 Å². The molecule has 1 heterocycles. The van der Waals surface area contributed by atoms with E-state index in [1.165, 1.54) is 11.1 Å². The number of benzene rings is 2. The number of nitrogens with zero attached hydrogens (tertiary/aromatic N) is 2. The molecule has 0 saturated heterocycles. The van der Waals surface area contributed by atoms with E-state index >= 15 is 0 Å². The Morgan fingerprint density at radius 2 is 1.74 bits per heavy atom. The Bertz CT molecular complexity index is 922. The zero-order chi connectivity index (χ0) is 19.2. The van der Waals surface area contributed by atoms with Crippen molar-refractivity contribution in [2.75, 3.05) is 0 Å². The summed E-state index contributed by atoms with van der Waals surface area (Å²) in [7, 11) is 0. The molecule has 0 radical (unpaired) electrons. The maximum absolute atomic E-state index is 11.4. The lowest BCUT2D eigenvalue weighted by molar-refractivity contribution is 0.101. The van der Waals surface area contributed by atoms with Crippen LogP contribution in [-0.4, -0.2) is 15.8 Å². The minimum atomic E-state index is 0.0339. The first-order valence-corrected chi connectivity index (χ1v) is 9.87. The first-order chi connectivity index (χ1) is 13.0. The normalized spacial score (nSPS) is 10.6. The standard InChI is InChI=1S/C22H22N2O2S/c1-4-19-13-21(26-20-11-9-18(10-12-20)16(3)25)24-22(23-19)27-14-17-7-5-15(2)6-8-17/h5-13H,4,14H2,1-3H3. The van der Waals surface area contributed by atoms with Gasteiger partial charge < -0.3 is 4.74 Å². The molecule has 0 fully saturated rings. The highest BCUT2D eigenvalue weighted by Crippen LogP contribution is 2.26. The van der Waals surface area contributed by atoms with Gasteiger partial charge in [-0.2, -0.15) is 4.98 Å². The van der Waals surface area contributed by atoms with E-state index < -0.39 is 0 Å². The largest absolute Gasteiger partial charge is 0.439 e. The van der Waals surface area contributed by atoms with Gasteiger partial charge >= 0.3 is 0 Å². The number of rotatable bonds is 7. The maximum Gasteiger partial charge on any atom is 0.223 e. The van der Waals surface area contributed by atoms with Crippen molar-refractivity contribution in [1.29, 1.82) is 0 Å². The molecule has 138 valence electrons. The monoisotopic (exact) mass is 378 g/mol. The third kappa shape index (κ3) is 5.41. The summed E-state index contributed by atoms with van der Waals surface area (Å²) < 4.78 is 5.89. The van der Waals surface area contributed by atoms with Crippen molar-refractivity contribution < 1.29 is 9.53 Å². The number of Topliss-reactive ketones (excluding diaryl/α,β-unsaturated/α-hetero) is 1. The fraction of sp³-hybridized carbons (Fsp3) is 0.227. The van der Waals surface area contributed by atoms with Crippen molar-refractivity contribution in [2.24, 2.45) is 0 Å². The predicted molar refractivity (Wildman–Crippen MR) is 109 cm³/mol. The lowest BCUT2D eigenvalue weighted by atomic mass is 10.1. The maximum atomic E-state index is 11.4. The minimum Gasteiger partial charge on any atom is -0.439 e. The molecule has 0 aliphatic heterocycles. The highest BCUT2D eigenvalue weighted by atomic mass is 32.2. The van der Waals surface area contributed by atoms with Gasteiger partial charge in [-0.15, -0.1) is 0 Å². The highest BCUT2D eigenvalue weighted by molar-refractivity contribution is 7.98. The second kappa shape index (κ2) is 8.82. The molecule has 0 spiro atoms. The number of hydrogen-bond acceptors (Lipinski definition) is 5. The Hall–Kier alpha value is -2.66. The number of ether oxygens (including phenoxy) is 1. The van der Waals surface area contributed by atoms with Gasteiger partial charge in [0.2, 0.25) is 5.88 Å². The summed E-state index contributed by atoms with van der Waals surface area (Å²) in [5, 5.41) is 0.699. The van der Waals surface area contributed by atoms with E-state index in [1.54, 1.807) is 43.0 Å². The lowest BCUT2D eigenvalue weighted by Gasteiger charge is -2.09. The number of carbonyl (C=O) groups is 1. The summed E-state index contributed by atoms with van der Waals surface area (Å²) in [5.41, 5.74) is 4.08. The Morgan fingerprint density at radius 1 is 1.04 bits per heavy atom. The number of aromatic nitrogens is 2. The van der Waals surface area contributed by atoms with Gasteiger partial charge in [-0.1, -0.05) is 48.5 Å². The second-order valence-corrected chi connectivity index (χ2v) is 7.23. The lowest BCUT2D eigenvalue weighted by Crippen LogP contribution is -1.98. The quantitative estimate of drug-likeness (QED) is 0.303. The summed E-state index contributed by atoms with van der Waals surface area (Å²) in [6.45, 7) is 5.69. The molecule has 27 heavy (non-hydrogen) atoms. The van der Waals surface area contributed by atoms with Crippen LogP contribution >= 0.6 is 11.8 Å². The average Bonchev–Trinajstić information content (AvgIpc) is 2.68. The molecule has 3 rings (SSSR count). The Morgan fingerprint density at radius 3 is 2.37 bits per heavy atom. The van der Waals surface area contributed by atoms with Gasteiger partial charge in [0.25, 0.3) is 0 Å². The van der Waals surface area contributed by atoms with Crippen LogP contribution in [0.4, 0.5) is 0 Å². The first kappa shape index (κ1) is 19.1. The molecule has 0 amide bonds. The van der Waals surface area contributed by atoms with E-state index in [0.717, 1.165) is 17.9 Å². The number of hydrogen-bond donors (Lipinski definition) is 0. The topological polar surface area (TPSA) is 52.1 Å². The number of aryl methyl sites for hydroxylation is 2. The van der Waals surface area contributed by atoms with Crippen LogP contribution in [0.15, 0.2) is 59.8 Å². The van der Waals surface area contributed by atoms with Crippen LogP contribution in [0.1, 0.15) is 41.0 Å². The van der Waals surface area contributed by atoms with E-state index in [1.807, 2.05) is 6.07 Å². The van der Waals surface area contributed by atoms with Gasteiger partial charge in [-0.05, 0) is 50.1 Å². The van der Waals surface area contributed by atoms with Gasteiger partial charge in [0, 0.05) is 23.1 Å². The molecule has 0 saturated carbocycles. The van der Waals surface area contributed by atoms with Crippen molar-refractivity contribution in [3.8, 4) is 11.6 Å². The van der Waals surface area contributed by atoms with Crippen LogP contribution in [0, 0.1) is 6.92 Å². The molecule has 0 aliphatic carbocycles. The number of ketones is 1. The van der Waals surface area contributed by atoms with Gasteiger partial charge in [-0.25, -0.2) is 4.98 Å². The van der Waals surface area contributed by atoms with Gasteiger partial charge in [0.05, 0.1) is 0 Å².